The zero-order valence-electron chi connectivity index (χ0n) is 12.4. The van der Waals surface area contributed by atoms with Crippen molar-refractivity contribution in [3.63, 3.8) is 0 Å². The molecule has 3 rings (SSSR count). The monoisotopic (exact) mass is 288 g/mol. The van der Waals surface area contributed by atoms with Gasteiger partial charge in [-0.25, -0.2) is 0 Å². The summed E-state index contributed by atoms with van der Waals surface area (Å²) in [7, 11) is 0. The summed E-state index contributed by atoms with van der Waals surface area (Å²) in [5.74, 6) is 0. The summed E-state index contributed by atoms with van der Waals surface area (Å²) in [5, 5.41) is 0. The third kappa shape index (κ3) is 2.93. The lowest BCUT2D eigenvalue weighted by Crippen LogP contribution is -2.19. The molecule has 0 aliphatic rings. The van der Waals surface area contributed by atoms with Crippen LogP contribution in [0.4, 0.5) is 0 Å². The van der Waals surface area contributed by atoms with Crippen molar-refractivity contribution in [3.05, 3.63) is 107 Å². The Kier molecular flexibility index (Phi) is 4.33. The van der Waals surface area contributed by atoms with Gasteiger partial charge in [-0.3, -0.25) is 0 Å². The van der Waals surface area contributed by atoms with Gasteiger partial charge in [0.1, 0.15) is 0 Å². The van der Waals surface area contributed by atoms with E-state index in [4.69, 9.17) is 11.5 Å². The van der Waals surface area contributed by atoms with Gasteiger partial charge in [-0.2, -0.15) is 0 Å². The summed E-state index contributed by atoms with van der Waals surface area (Å²) in [6, 6.07) is 28.0. The van der Waals surface area contributed by atoms with Crippen LogP contribution in [-0.4, -0.2) is 0 Å². The molecule has 22 heavy (non-hydrogen) atoms. The summed E-state index contributed by atoms with van der Waals surface area (Å²) < 4.78 is 0. The van der Waals surface area contributed by atoms with Crippen LogP contribution in [0.3, 0.4) is 0 Å². The summed E-state index contributed by atoms with van der Waals surface area (Å²) in [6.45, 7) is 0. The molecule has 3 aromatic rings. The average molecular weight is 288 g/mol. The SMILES string of the molecule is NC(c1ccccc1)c1ccccc1C(N)c1ccccc1. The van der Waals surface area contributed by atoms with E-state index in [0.717, 1.165) is 22.3 Å². The fourth-order valence-electron chi connectivity index (χ4n) is 2.76. The molecule has 3 aromatic carbocycles. The number of rotatable bonds is 4. The van der Waals surface area contributed by atoms with Gasteiger partial charge in [0.15, 0.2) is 0 Å². The molecule has 0 saturated heterocycles. The minimum atomic E-state index is -0.174. The van der Waals surface area contributed by atoms with Crippen LogP contribution in [0.2, 0.25) is 0 Å². The summed E-state index contributed by atoms with van der Waals surface area (Å²) >= 11 is 0. The zero-order chi connectivity index (χ0) is 15.4. The first-order valence-electron chi connectivity index (χ1n) is 7.47. The Balaban J connectivity index is 2.00. The molecular weight excluding hydrogens is 268 g/mol. The van der Waals surface area contributed by atoms with Crippen molar-refractivity contribution in [1.29, 1.82) is 0 Å². The number of benzene rings is 3. The first-order chi connectivity index (χ1) is 10.8. The molecule has 0 bridgehead atoms. The van der Waals surface area contributed by atoms with Crippen molar-refractivity contribution in [2.75, 3.05) is 0 Å². The molecule has 0 heterocycles. The molecule has 2 nitrogen and oxygen atoms in total. The third-order valence-corrected chi connectivity index (χ3v) is 3.98. The van der Waals surface area contributed by atoms with Crippen LogP contribution in [0, 0.1) is 0 Å². The van der Waals surface area contributed by atoms with Crippen molar-refractivity contribution in [1.82, 2.24) is 0 Å². The minimum absolute atomic E-state index is 0.174. The molecule has 0 radical (unpaired) electrons. The van der Waals surface area contributed by atoms with Gasteiger partial charge in [0.25, 0.3) is 0 Å². The van der Waals surface area contributed by atoms with E-state index < -0.39 is 0 Å². The Bertz CT molecular complexity index is 658. The highest BCUT2D eigenvalue weighted by Gasteiger charge is 2.17. The van der Waals surface area contributed by atoms with Crippen molar-refractivity contribution in [2.45, 2.75) is 12.1 Å². The standard InChI is InChI=1S/C20H20N2/c21-19(15-9-3-1-4-10-15)17-13-7-8-14-18(17)20(22)16-11-5-2-6-12-16/h1-14,19-20H,21-22H2. The van der Waals surface area contributed by atoms with Gasteiger partial charge < -0.3 is 11.5 Å². The lowest BCUT2D eigenvalue weighted by Gasteiger charge is -2.21. The largest absolute Gasteiger partial charge is 0.320 e. The lowest BCUT2D eigenvalue weighted by molar-refractivity contribution is 0.798. The Hall–Kier alpha value is -2.42. The van der Waals surface area contributed by atoms with Crippen molar-refractivity contribution in [2.24, 2.45) is 11.5 Å². The van der Waals surface area contributed by atoms with Crippen LogP contribution < -0.4 is 11.5 Å². The van der Waals surface area contributed by atoms with Crippen LogP contribution in [0.25, 0.3) is 0 Å². The van der Waals surface area contributed by atoms with Crippen LogP contribution in [0.5, 0.6) is 0 Å². The smallest absolute Gasteiger partial charge is 0.0555 e. The van der Waals surface area contributed by atoms with E-state index >= 15 is 0 Å². The van der Waals surface area contributed by atoms with Crippen LogP contribution >= 0.6 is 0 Å². The molecule has 0 aromatic heterocycles. The van der Waals surface area contributed by atoms with E-state index in [1.54, 1.807) is 0 Å². The maximum Gasteiger partial charge on any atom is 0.0555 e. The number of hydrogen-bond donors (Lipinski definition) is 2. The molecule has 4 N–H and O–H groups in total. The first-order valence-corrected chi connectivity index (χ1v) is 7.47. The van der Waals surface area contributed by atoms with Crippen LogP contribution in [0.15, 0.2) is 84.9 Å². The van der Waals surface area contributed by atoms with E-state index in [9.17, 15) is 0 Å². The molecule has 2 heteroatoms. The topological polar surface area (TPSA) is 52.0 Å². The second-order valence-electron chi connectivity index (χ2n) is 5.41. The van der Waals surface area contributed by atoms with E-state index in [1.165, 1.54) is 0 Å². The Labute approximate surface area is 131 Å². The fraction of sp³-hybridized carbons (Fsp3) is 0.100. The maximum absolute atomic E-state index is 6.48. The van der Waals surface area contributed by atoms with Crippen molar-refractivity contribution >= 4 is 0 Å². The second-order valence-corrected chi connectivity index (χ2v) is 5.41. The number of nitrogens with two attached hydrogens (primary N) is 2. The van der Waals surface area contributed by atoms with Crippen molar-refractivity contribution < 1.29 is 0 Å². The van der Waals surface area contributed by atoms with Gasteiger partial charge >= 0.3 is 0 Å². The van der Waals surface area contributed by atoms with E-state index in [-0.39, 0.29) is 12.1 Å². The maximum atomic E-state index is 6.48. The molecule has 110 valence electrons. The molecule has 0 aliphatic heterocycles. The fourth-order valence-corrected chi connectivity index (χ4v) is 2.76. The van der Waals surface area contributed by atoms with E-state index in [0.29, 0.717) is 0 Å². The van der Waals surface area contributed by atoms with Gasteiger partial charge in [-0.1, -0.05) is 84.9 Å². The summed E-state index contributed by atoms with van der Waals surface area (Å²) in [5.41, 5.74) is 17.3. The molecule has 0 amide bonds. The third-order valence-electron chi connectivity index (χ3n) is 3.98. The molecule has 0 fully saturated rings. The highest BCUT2D eigenvalue weighted by atomic mass is 14.7. The Morgan fingerprint density at radius 1 is 0.455 bits per heavy atom. The predicted molar refractivity (Wildman–Crippen MR) is 91.4 cm³/mol. The quantitative estimate of drug-likeness (QED) is 0.767. The zero-order valence-corrected chi connectivity index (χ0v) is 12.4. The van der Waals surface area contributed by atoms with Crippen LogP contribution in [-0.2, 0) is 0 Å². The molecule has 2 atom stereocenters. The van der Waals surface area contributed by atoms with Crippen molar-refractivity contribution in [3.8, 4) is 0 Å². The predicted octanol–water partition coefficient (Wildman–Crippen LogP) is 3.78. The van der Waals surface area contributed by atoms with Gasteiger partial charge in [0.05, 0.1) is 12.1 Å². The molecule has 0 saturated carbocycles. The highest BCUT2D eigenvalue weighted by molar-refractivity contribution is 5.42. The lowest BCUT2D eigenvalue weighted by atomic mass is 9.89. The Morgan fingerprint density at radius 2 is 0.773 bits per heavy atom. The molecule has 2 unspecified atom stereocenters. The molecular formula is C20H20N2. The number of hydrogen-bond acceptors (Lipinski definition) is 2. The normalized spacial score (nSPS) is 13.5. The minimum Gasteiger partial charge on any atom is -0.320 e. The Morgan fingerprint density at radius 3 is 1.14 bits per heavy atom. The first kappa shape index (κ1) is 14.5. The van der Waals surface area contributed by atoms with Gasteiger partial charge in [0, 0.05) is 0 Å². The summed E-state index contributed by atoms with van der Waals surface area (Å²) in [6.07, 6.45) is 0. The van der Waals surface area contributed by atoms with Gasteiger partial charge in [-0.05, 0) is 22.3 Å². The average Bonchev–Trinajstić information content (AvgIpc) is 2.62. The van der Waals surface area contributed by atoms with E-state index in [2.05, 4.69) is 36.4 Å². The van der Waals surface area contributed by atoms with Gasteiger partial charge in [0.2, 0.25) is 0 Å². The highest BCUT2D eigenvalue weighted by Crippen LogP contribution is 2.29. The second kappa shape index (κ2) is 6.56. The van der Waals surface area contributed by atoms with Crippen LogP contribution in [0.1, 0.15) is 34.3 Å². The molecule has 0 aliphatic carbocycles. The van der Waals surface area contributed by atoms with E-state index in [1.807, 2.05) is 48.5 Å². The molecule has 0 spiro atoms. The van der Waals surface area contributed by atoms with Gasteiger partial charge in [-0.15, -0.1) is 0 Å². The summed E-state index contributed by atoms with van der Waals surface area (Å²) in [4.78, 5) is 0.